The predicted molar refractivity (Wildman–Crippen MR) is 119 cm³/mol. The first-order chi connectivity index (χ1) is 14.7. The van der Waals surface area contributed by atoms with Crippen molar-refractivity contribution in [1.82, 2.24) is 14.5 Å². The number of piperidine rings is 1. The van der Waals surface area contributed by atoms with Crippen LogP contribution in [0.2, 0.25) is 5.02 Å². The molecule has 2 atom stereocenters. The fourth-order valence-electron chi connectivity index (χ4n) is 3.67. The second-order valence-electron chi connectivity index (χ2n) is 7.79. The number of sulfonamides is 1. The summed E-state index contributed by atoms with van der Waals surface area (Å²) in [6.07, 6.45) is 1.01. The molecular formula is C20H21ClN4O4S2. The highest BCUT2D eigenvalue weighted by molar-refractivity contribution is 7.89. The number of halogens is 1. The van der Waals surface area contributed by atoms with Crippen molar-refractivity contribution < 1.29 is 17.6 Å². The number of carbonyl (C=O) groups excluding carboxylic acids is 1. The Labute approximate surface area is 189 Å². The Hall–Kier alpha value is -2.27. The summed E-state index contributed by atoms with van der Waals surface area (Å²) in [5.41, 5.74) is 0.659. The molecule has 0 unspecified atom stereocenters. The van der Waals surface area contributed by atoms with Gasteiger partial charge in [-0.3, -0.25) is 10.1 Å². The first-order valence-corrected chi connectivity index (χ1v) is 12.4. The van der Waals surface area contributed by atoms with E-state index in [9.17, 15) is 13.2 Å². The van der Waals surface area contributed by atoms with Gasteiger partial charge in [-0.1, -0.05) is 30.5 Å². The van der Waals surface area contributed by atoms with E-state index in [1.807, 2.05) is 13.8 Å². The summed E-state index contributed by atoms with van der Waals surface area (Å²) in [7, 11) is -3.65. The Bertz CT molecular complexity index is 1180. The minimum atomic E-state index is -3.65. The fourth-order valence-corrected chi connectivity index (χ4v) is 6.63. The van der Waals surface area contributed by atoms with Crippen molar-refractivity contribution in [2.75, 3.05) is 18.4 Å². The smallest absolute Gasteiger partial charge is 0.322 e. The number of hydrogen-bond donors (Lipinski definition) is 1. The van der Waals surface area contributed by atoms with E-state index >= 15 is 0 Å². The standard InChI is InChI=1S/C20H21ClN4O4S2/c1-12-7-13(2)10-25(9-12)31(27,28)16-8-17(30-11-16)18(26)22-20-24-23-19(29-20)14-3-5-15(21)6-4-14/h3-6,8,11-13H,7,9-10H2,1-2H3,(H,22,24,26)/t12-,13+. The van der Waals surface area contributed by atoms with E-state index < -0.39 is 15.9 Å². The molecule has 0 aliphatic carbocycles. The topological polar surface area (TPSA) is 105 Å². The second kappa shape index (κ2) is 8.70. The van der Waals surface area contributed by atoms with Gasteiger partial charge in [0.25, 0.3) is 5.91 Å². The number of hydrogen-bond acceptors (Lipinski definition) is 7. The lowest BCUT2D eigenvalue weighted by Crippen LogP contribution is -2.42. The molecule has 0 bridgehead atoms. The monoisotopic (exact) mass is 480 g/mol. The van der Waals surface area contributed by atoms with E-state index in [2.05, 4.69) is 15.5 Å². The quantitative estimate of drug-likeness (QED) is 0.581. The third kappa shape index (κ3) is 4.82. The molecule has 2 aromatic heterocycles. The van der Waals surface area contributed by atoms with Crippen molar-refractivity contribution in [3.05, 3.63) is 45.6 Å². The molecular weight excluding hydrogens is 460 g/mol. The summed E-state index contributed by atoms with van der Waals surface area (Å²) in [5, 5.41) is 12.3. The van der Waals surface area contributed by atoms with Crippen molar-refractivity contribution in [2.45, 2.75) is 25.2 Å². The molecule has 8 nitrogen and oxygen atoms in total. The third-order valence-corrected chi connectivity index (χ3v) is 8.15. The molecule has 1 N–H and O–H groups in total. The molecule has 11 heteroatoms. The first kappa shape index (κ1) is 21.9. The van der Waals surface area contributed by atoms with Gasteiger partial charge in [-0.15, -0.1) is 16.4 Å². The number of thiophene rings is 1. The number of nitrogens with zero attached hydrogens (tertiary/aromatic N) is 3. The van der Waals surface area contributed by atoms with E-state index in [0.29, 0.717) is 35.5 Å². The normalized spacial score (nSPS) is 20.0. The zero-order valence-electron chi connectivity index (χ0n) is 16.9. The number of amides is 1. The molecule has 0 spiro atoms. The minimum Gasteiger partial charge on any atom is -0.403 e. The number of rotatable bonds is 5. The van der Waals surface area contributed by atoms with Crippen molar-refractivity contribution in [2.24, 2.45) is 11.8 Å². The van der Waals surface area contributed by atoms with Crippen molar-refractivity contribution in [1.29, 1.82) is 0 Å². The van der Waals surface area contributed by atoms with Gasteiger partial charge < -0.3 is 4.42 Å². The van der Waals surface area contributed by atoms with Crippen LogP contribution in [0.15, 0.2) is 45.0 Å². The maximum Gasteiger partial charge on any atom is 0.322 e. The largest absolute Gasteiger partial charge is 0.403 e. The SMILES string of the molecule is C[C@@H]1C[C@H](C)CN(S(=O)(=O)c2csc(C(=O)Nc3nnc(-c4ccc(Cl)cc4)o3)c2)C1. The van der Waals surface area contributed by atoms with Gasteiger partial charge >= 0.3 is 6.01 Å². The summed E-state index contributed by atoms with van der Waals surface area (Å²) < 4.78 is 33.0. The maximum atomic E-state index is 13.0. The molecule has 1 amide bonds. The van der Waals surface area contributed by atoms with Gasteiger partial charge in [0.15, 0.2) is 0 Å². The Morgan fingerprint density at radius 1 is 1.19 bits per heavy atom. The van der Waals surface area contributed by atoms with Crippen LogP contribution in [0.1, 0.15) is 29.9 Å². The van der Waals surface area contributed by atoms with Crippen molar-refractivity contribution in [3.8, 4) is 11.5 Å². The highest BCUT2D eigenvalue weighted by Gasteiger charge is 2.32. The van der Waals surface area contributed by atoms with Gasteiger partial charge in [0.05, 0.1) is 9.77 Å². The lowest BCUT2D eigenvalue weighted by molar-refractivity contribution is 0.102. The van der Waals surface area contributed by atoms with Crippen LogP contribution in [0.5, 0.6) is 0 Å². The lowest BCUT2D eigenvalue weighted by atomic mass is 9.94. The molecule has 1 aliphatic heterocycles. The van der Waals surface area contributed by atoms with E-state index in [1.54, 1.807) is 24.3 Å². The summed E-state index contributed by atoms with van der Waals surface area (Å²) >= 11 is 6.92. The fraction of sp³-hybridized carbons (Fsp3) is 0.350. The molecule has 3 aromatic rings. The van der Waals surface area contributed by atoms with Gasteiger partial charge in [-0.05, 0) is 48.6 Å². The molecule has 0 radical (unpaired) electrons. The zero-order chi connectivity index (χ0) is 22.2. The van der Waals surface area contributed by atoms with Crippen LogP contribution in [-0.2, 0) is 10.0 Å². The van der Waals surface area contributed by atoms with Crippen LogP contribution in [-0.4, -0.2) is 41.9 Å². The Morgan fingerprint density at radius 3 is 2.55 bits per heavy atom. The van der Waals surface area contributed by atoms with Crippen LogP contribution < -0.4 is 5.32 Å². The van der Waals surface area contributed by atoms with Gasteiger partial charge in [-0.25, -0.2) is 8.42 Å². The number of aromatic nitrogens is 2. The molecule has 1 aromatic carbocycles. The van der Waals surface area contributed by atoms with E-state index in [0.717, 1.165) is 17.8 Å². The second-order valence-corrected chi connectivity index (χ2v) is 11.1. The molecule has 3 heterocycles. The Balaban J connectivity index is 1.47. The highest BCUT2D eigenvalue weighted by Crippen LogP contribution is 2.29. The average molecular weight is 481 g/mol. The average Bonchev–Trinajstić information content (AvgIpc) is 3.38. The van der Waals surface area contributed by atoms with Gasteiger partial charge in [0.2, 0.25) is 15.9 Å². The zero-order valence-corrected chi connectivity index (χ0v) is 19.3. The van der Waals surface area contributed by atoms with Crippen LogP contribution in [0, 0.1) is 11.8 Å². The number of benzene rings is 1. The third-order valence-electron chi connectivity index (χ3n) is 5.01. The Morgan fingerprint density at radius 2 is 1.87 bits per heavy atom. The first-order valence-electron chi connectivity index (χ1n) is 9.72. The predicted octanol–water partition coefficient (Wildman–Crippen LogP) is 4.37. The van der Waals surface area contributed by atoms with Crippen LogP contribution in [0.4, 0.5) is 6.01 Å². The highest BCUT2D eigenvalue weighted by atomic mass is 35.5. The Kier molecular flexibility index (Phi) is 6.16. The minimum absolute atomic E-state index is 0.0774. The summed E-state index contributed by atoms with van der Waals surface area (Å²) in [6.45, 7) is 5.07. The molecule has 164 valence electrons. The summed E-state index contributed by atoms with van der Waals surface area (Å²) in [5.74, 6) is 0.312. The van der Waals surface area contributed by atoms with Gasteiger partial charge in [-0.2, -0.15) is 4.31 Å². The molecule has 1 aliphatic rings. The molecule has 1 fully saturated rings. The lowest BCUT2D eigenvalue weighted by Gasteiger charge is -2.33. The number of nitrogens with one attached hydrogen (secondary N) is 1. The summed E-state index contributed by atoms with van der Waals surface area (Å²) in [6, 6.07) is 8.13. The maximum absolute atomic E-state index is 13.0. The molecule has 0 saturated carbocycles. The number of anilines is 1. The molecule has 1 saturated heterocycles. The van der Waals surface area contributed by atoms with E-state index in [-0.39, 0.29) is 21.7 Å². The molecule has 4 rings (SSSR count). The van der Waals surface area contributed by atoms with Crippen LogP contribution in [0.3, 0.4) is 0 Å². The van der Waals surface area contributed by atoms with E-state index in [1.165, 1.54) is 15.8 Å². The van der Waals surface area contributed by atoms with Gasteiger partial charge in [0, 0.05) is 29.1 Å². The van der Waals surface area contributed by atoms with Crippen molar-refractivity contribution >= 4 is 44.9 Å². The van der Waals surface area contributed by atoms with E-state index in [4.69, 9.17) is 16.0 Å². The molecule has 31 heavy (non-hydrogen) atoms. The van der Waals surface area contributed by atoms with Crippen LogP contribution in [0.25, 0.3) is 11.5 Å². The van der Waals surface area contributed by atoms with Crippen molar-refractivity contribution in [3.63, 3.8) is 0 Å². The summed E-state index contributed by atoms with van der Waals surface area (Å²) in [4.78, 5) is 12.9. The number of carbonyl (C=O) groups is 1. The van der Waals surface area contributed by atoms with Crippen LogP contribution >= 0.6 is 22.9 Å². The van der Waals surface area contributed by atoms with Gasteiger partial charge in [0.1, 0.15) is 0 Å².